The first-order valence-corrected chi connectivity index (χ1v) is 7.18. The Morgan fingerprint density at radius 1 is 1.10 bits per heavy atom. The maximum atomic E-state index is 5.83. The van der Waals surface area contributed by atoms with E-state index in [9.17, 15) is 0 Å². The molecule has 4 nitrogen and oxygen atoms in total. The molecule has 108 valence electrons. The molecule has 0 amide bonds. The van der Waals surface area contributed by atoms with Gasteiger partial charge < -0.3 is 4.74 Å². The summed E-state index contributed by atoms with van der Waals surface area (Å²) in [6, 6.07) is 7.63. The fourth-order valence-corrected chi connectivity index (χ4v) is 2.34. The predicted octanol–water partition coefficient (Wildman–Crippen LogP) is 3.57. The van der Waals surface area contributed by atoms with E-state index in [1.165, 1.54) is 0 Å². The first-order chi connectivity index (χ1) is 9.58. The highest BCUT2D eigenvalue weighted by atomic mass is 16.5. The van der Waals surface area contributed by atoms with Gasteiger partial charge in [-0.3, -0.25) is 0 Å². The van der Waals surface area contributed by atoms with E-state index in [-0.39, 0.29) is 0 Å². The Morgan fingerprint density at radius 2 is 1.85 bits per heavy atom. The van der Waals surface area contributed by atoms with Crippen molar-refractivity contribution in [2.45, 2.75) is 27.7 Å². The molecular weight excluding hydrogens is 250 g/mol. The third-order valence-electron chi connectivity index (χ3n) is 3.58. The molecule has 0 saturated carbocycles. The Hall–Kier alpha value is -1.84. The lowest BCUT2D eigenvalue weighted by Crippen LogP contribution is -2.23. The van der Waals surface area contributed by atoms with Crippen molar-refractivity contribution in [2.24, 2.45) is 17.8 Å². The van der Waals surface area contributed by atoms with Crippen molar-refractivity contribution in [3.63, 3.8) is 0 Å². The highest BCUT2D eigenvalue weighted by Gasteiger charge is 2.18. The molecule has 0 aliphatic rings. The van der Waals surface area contributed by atoms with Gasteiger partial charge in [0.05, 0.1) is 6.61 Å². The van der Waals surface area contributed by atoms with Crippen molar-refractivity contribution in [3.05, 3.63) is 36.7 Å². The summed E-state index contributed by atoms with van der Waals surface area (Å²) in [4.78, 5) is 4.26. The fourth-order valence-electron chi connectivity index (χ4n) is 2.34. The van der Waals surface area contributed by atoms with Gasteiger partial charge in [-0.15, -0.1) is 5.10 Å². The minimum atomic E-state index is 0.537. The van der Waals surface area contributed by atoms with Crippen molar-refractivity contribution in [1.29, 1.82) is 0 Å². The van der Waals surface area contributed by atoms with Gasteiger partial charge in [0.15, 0.2) is 5.82 Å². The highest BCUT2D eigenvalue weighted by molar-refractivity contribution is 5.22. The number of nitrogens with zero attached hydrogens (tertiary/aromatic N) is 3. The maximum Gasteiger partial charge on any atom is 0.233 e. The van der Waals surface area contributed by atoms with E-state index in [0.717, 1.165) is 5.82 Å². The highest BCUT2D eigenvalue weighted by Crippen LogP contribution is 2.21. The second kappa shape index (κ2) is 6.55. The summed E-state index contributed by atoms with van der Waals surface area (Å²) in [6.07, 6.45) is 3.63. The van der Waals surface area contributed by atoms with Crippen LogP contribution in [0.4, 0.5) is 0 Å². The minimum Gasteiger partial charge on any atom is -0.476 e. The van der Waals surface area contributed by atoms with Crippen LogP contribution in [0.25, 0.3) is 5.82 Å². The molecule has 4 heteroatoms. The normalized spacial score (nSPS) is 11.6. The molecule has 2 aromatic heterocycles. The molecule has 0 bridgehead atoms. The quantitative estimate of drug-likeness (QED) is 0.807. The van der Waals surface area contributed by atoms with E-state index in [4.69, 9.17) is 4.74 Å². The van der Waals surface area contributed by atoms with Crippen LogP contribution in [0.15, 0.2) is 36.7 Å². The molecule has 0 radical (unpaired) electrons. The first kappa shape index (κ1) is 14.6. The van der Waals surface area contributed by atoms with Crippen molar-refractivity contribution in [1.82, 2.24) is 14.8 Å². The lowest BCUT2D eigenvalue weighted by atomic mass is 9.86. The molecule has 0 saturated heterocycles. The van der Waals surface area contributed by atoms with Crippen LogP contribution in [-0.4, -0.2) is 21.4 Å². The molecule has 0 unspecified atom stereocenters. The van der Waals surface area contributed by atoms with Gasteiger partial charge in [0, 0.05) is 18.5 Å². The van der Waals surface area contributed by atoms with E-state index >= 15 is 0 Å². The molecular formula is C16H23N3O. The SMILES string of the molecule is CC(C)C(COc1ccn(-c2ccccn2)n1)C(C)C. The molecule has 0 fully saturated rings. The van der Waals surface area contributed by atoms with Crippen LogP contribution in [0.3, 0.4) is 0 Å². The Morgan fingerprint density at radius 3 is 2.45 bits per heavy atom. The number of hydrogen-bond donors (Lipinski definition) is 0. The van der Waals surface area contributed by atoms with Crippen LogP contribution >= 0.6 is 0 Å². The fraction of sp³-hybridized carbons (Fsp3) is 0.500. The summed E-state index contributed by atoms with van der Waals surface area (Å²) in [7, 11) is 0. The number of ether oxygens (including phenoxy) is 1. The van der Waals surface area contributed by atoms with E-state index in [2.05, 4.69) is 37.8 Å². The lowest BCUT2D eigenvalue weighted by Gasteiger charge is -2.24. The summed E-state index contributed by atoms with van der Waals surface area (Å²) in [6.45, 7) is 9.65. The van der Waals surface area contributed by atoms with Crippen molar-refractivity contribution >= 4 is 0 Å². The molecule has 20 heavy (non-hydrogen) atoms. The van der Waals surface area contributed by atoms with Crippen LogP contribution in [0.5, 0.6) is 5.88 Å². The second-order valence-corrected chi connectivity index (χ2v) is 5.75. The topological polar surface area (TPSA) is 39.9 Å². The van der Waals surface area contributed by atoms with Crippen LogP contribution < -0.4 is 4.74 Å². The van der Waals surface area contributed by atoms with E-state index < -0.39 is 0 Å². The average Bonchev–Trinajstić information content (AvgIpc) is 2.88. The van der Waals surface area contributed by atoms with Gasteiger partial charge >= 0.3 is 0 Å². The van der Waals surface area contributed by atoms with Gasteiger partial charge in [0.2, 0.25) is 5.88 Å². The van der Waals surface area contributed by atoms with Crippen LogP contribution in [0, 0.1) is 17.8 Å². The molecule has 2 heterocycles. The summed E-state index contributed by atoms with van der Waals surface area (Å²) in [5, 5.41) is 4.40. The minimum absolute atomic E-state index is 0.537. The van der Waals surface area contributed by atoms with Crippen LogP contribution in [0.1, 0.15) is 27.7 Å². The van der Waals surface area contributed by atoms with Gasteiger partial charge in [-0.2, -0.15) is 0 Å². The Labute approximate surface area is 120 Å². The van der Waals surface area contributed by atoms with Crippen molar-refractivity contribution in [2.75, 3.05) is 6.61 Å². The predicted molar refractivity (Wildman–Crippen MR) is 80.0 cm³/mol. The molecule has 2 aromatic rings. The summed E-state index contributed by atoms with van der Waals surface area (Å²) in [5.41, 5.74) is 0. The number of aromatic nitrogens is 3. The van der Waals surface area contributed by atoms with Crippen LogP contribution in [0.2, 0.25) is 0 Å². The second-order valence-electron chi connectivity index (χ2n) is 5.75. The smallest absolute Gasteiger partial charge is 0.233 e. The Balaban J connectivity index is 2.00. The number of hydrogen-bond acceptors (Lipinski definition) is 3. The largest absolute Gasteiger partial charge is 0.476 e. The molecule has 0 atom stereocenters. The maximum absolute atomic E-state index is 5.83. The first-order valence-electron chi connectivity index (χ1n) is 7.18. The standard InChI is InChI=1S/C16H23N3O/c1-12(2)14(13(3)4)11-20-16-8-10-19(18-16)15-7-5-6-9-17-15/h5-10,12-14H,11H2,1-4H3. The Kier molecular flexibility index (Phi) is 4.77. The summed E-state index contributed by atoms with van der Waals surface area (Å²) < 4.78 is 7.56. The zero-order chi connectivity index (χ0) is 14.5. The van der Waals surface area contributed by atoms with Gasteiger partial charge in [0.25, 0.3) is 0 Å². The third kappa shape index (κ3) is 3.59. The molecule has 0 aliphatic heterocycles. The van der Waals surface area contributed by atoms with Crippen LogP contribution in [-0.2, 0) is 0 Å². The number of rotatable bonds is 6. The zero-order valence-corrected chi connectivity index (χ0v) is 12.7. The van der Waals surface area contributed by atoms with E-state index in [1.807, 2.05) is 30.5 Å². The third-order valence-corrected chi connectivity index (χ3v) is 3.58. The van der Waals surface area contributed by atoms with Crippen molar-refractivity contribution < 1.29 is 4.74 Å². The zero-order valence-electron chi connectivity index (χ0n) is 12.7. The van der Waals surface area contributed by atoms with Gasteiger partial charge in [-0.05, 0) is 29.9 Å². The Bertz CT molecular complexity index is 512. The average molecular weight is 273 g/mol. The van der Waals surface area contributed by atoms with Gasteiger partial charge in [0.1, 0.15) is 0 Å². The summed E-state index contributed by atoms with van der Waals surface area (Å²) >= 11 is 0. The lowest BCUT2D eigenvalue weighted by molar-refractivity contribution is 0.161. The molecule has 0 aliphatic carbocycles. The summed E-state index contributed by atoms with van der Waals surface area (Å²) in [5.74, 6) is 3.20. The molecule has 0 spiro atoms. The molecule has 0 aromatic carbocycles. The van der Waals surface area contributed by atoms with E-state index in [0.29, 0.717) is 30.2 Å². The van der Waals surface area contributed by atoms with Crippen molar-refractivity contribution in [3.8, 4) is 11.7 Å². The van der Waals surface area contributed by atoms with Gasteiger partial charge in [-0.25, -0.2) is 9.67 Å². The van der Waals surface area contributed by atoms with E-state index in [1.54, 1.807) is 10.9 Å². The van der Waals surface area contributed by atoms with Gasteiger partial charge in [-0.1, -0.05) is 33.8 Å². The number of pyridine rings is 1. The monoisotopic (exact) mass is 273 g/mol. The molecule has 2 rings (SSSR count). The molecule has 0 N–H and O–H groups in total.